The summed E-state index contributed by atoms with van der Waals surface area (Å²) in [5, 5.41) is 9.03. The van der Waals surface area contributed by atoms with Crippen molar-refractivity contribution in [1.82, 2.24) is 14.6 Å². The van der Waals surface area contributed by atoms with Crippen molar-refractivity contribution in [2.24, 2.45) is 5.92 Å². The molecule has 2 N–H and O–H groups in total. The molecule has 1 saturated heterocycles. The lowest BCUT2D eigenvalue weighted by Gasteiger charge is -2.37. The van der Waals surface area contributed by atoms with Crippen molar-refractivity contribution < 1.29 is 23.1 Å². The largest absolute Gasteiger partial charge is 0.481 e. The van der Waals surface area contributed by atoms with E-state index in [2.05, 4.69) is 9.71 Å². The van der Waals surface area contributed by atoms with Gasteiger partial charge in [0.1, 0.15) is 0 Å². The van der Waals surface area contributed by atoms with Crippen LogP contribution in [0.15, 0.2) is 23.4 Å². The number of nitrogens with zero attached hydrogens (tertiary/aromatic N) is 2. The number of aromatic nitrogens is 1. The average molecular weight is 341 g/mol. The maximum atomic E-state index is 12.5. The molecule has 0 bridgehead atoms. The van der Waals surface area contributed by atoms with Gasteiger partial charge in [0.2, 0.25) is 0 Å². The number of carboxylic acid groups (broad SMARTS) is 1. The molecule has 0 aliphatic carbocycles. The second kappa shape index (κ2) is 6.63. The summed E-state index contributed by atoms with van der Waals surface area (Å²) in [6, 6.07) is 2.22. The number of likely N-dealkylation sites (tertiary alicyclic amines) is 1. The predicted molar refractivity (Wildman–Crippen MR) is 81.3 cm³/mol. The van der Waals surface area contributed by atoms with Gasteiger partial charge in [0.25, 0.3) is 15.9 Å². The first-order valence-electron chi connectivity index (χ1n) is 7.21. The molecule has 2 heterocycles. The fraction of sp³-hybridized carbons (Fsp3) is 0.500. The van der Waals surface area contributed by atoms with E-state index in [1.54, 1.807) is 6.92 Å². The number of sulfonamides is 1. The summed E-state index contributed by atoms with van der Waals surface area (Å²) in [7, 11) is -2.38. The highest BCUT2D eigenvalue weighted by atomic mass is 32.2. The van der Waals surface area contributed by atoms with Crippen LogP contribution in [-0.4, -0.2) is 54.9 Å². The zero-order chi connectivity index (χ0) is 17.2. The van der Waals surface area contributed by atoms with Gasteiger partial charge in [-0.05, 0) is 38.9 Å². The molecule has 1 aliphatic heterocycles. The maximum Gasteiger partial charge on any atom is 0.308 e. The molecule has 1 aliphatic rings. The number of carbonyl (C=O) groups is 2. The standard InChI is InChI=1S/C14H19N3O5S/c1-9-11(14(19)20)4-3-7-17(9)13(18)10-5-6-12(16-8-10)23(21,22)15-2/h5-6,8-9,11,15H,3-4,7H2,1-2H3,(H,19,20)/t9-,11-/m0/s1. The Bertz CT molecular complexity index is 702. The Balaban J connectivity index is 2.22. The molecular formula is C14H19N3O5S. The van der Waals surface area contributed by atoms with Gasteiger partial charge in [-0.15, -0.1) is 0 Å². The molecule has 1 aromatic rings. The van der Waals surface area contributed by atoms with Gasteiger partial charge in [0, 0.05) is 18.8 Å². The maximum absolute atomic E-state index is 12.5. The van der Waals surface area contributed by atoms with Crippen LogP contribution in [-0.2, 0) is 14.8 Å². The number of pyridine rings is 1. The molecule has 2 atom stereocenters. The molecule has 1 fully saturated rings. The third-order valence-corrected chi connectivity index (χ3v) is 5.42. The summed E-state index contributed by atoms with van der Waals surface area (Å²) in [5.41, 5.74) is 0.234. The fourth-order valence-corrected chi connectivity index (χ4v) is 3.34. The Morgan fingerprint density at radius 3 is 2.61 bits per heavy atom. The summed E-state index contributed by atoms with van der Waals surface area (Å²) in [4.78, 5) is 29.1. The summed E-state index contributed by atoms with van der Waals surface area (Å²) in [6.07, 6.45) is 2.36. The monoisotopic (exact) mass is 341 g/mol. The lowest BCUT2D eigenvalue weighted by atomic mass is 9.90. The predicted octanol–water partition coefficient (Wildman–Crippen LogP) is 0.315. The van der Waals surface area contributed by atoms with E-state index in [0.717, 1.165) is 0 Å². The van der Waals surface area contributed by atoms with Crippen molar-refractivity contribution >= 4 is 21.9 Å². The van der Waals surface area contributed by atoms with Gasteiger partial charge in [-0.3, -0.25) is 9.59 Å². The summed E-state index contributed by atoms with van der Waals surface area (Å²) in [6.45, 7) is 2.18. The van der Waals surface area contributed by atoms with Gasteiger partial charge in [-0.2, -0.15) is 0 Å². The highest BCUT2D eigenvalue weighted by molar-refractivity contribution is 7.89. The van der Waals surface area contributed by atoms with Gasteiger partial charge >= 0.3 is 5.97 Å². The zero-order valence-electron chi connectivity index (χ0n) is 12.9. The van der Waals surface area contributed by atoms with Crippen LogP contribution in [0.2, 0.25) is 0 Å². The Kier molecular flexibility index (Phi) is 5.00. The van der Waals surface area contributed by atoms with Gasteiger partial charge < -0.3 is 10.0 Å². The Hall–Kier alpha value is -2.00. The minimum atomic E-state index is -3.66. The summed E-state index contributed by atoms with van der Waals surface area (Å²) >= 11 is 0. The SMILES string of the molecule is CNS(=O)(=O)c1ccc(C(=O)N2CCC[C@H](C(=O)O)[C@@H]2C)cn1. The molecule has 1 amide bonds. The highest BCUT2D eigenvalue weighted by Gasteiger charge is 2.35. The molecule has 1 aromatic heterocycles. The molecule has 0 radical (unpaired) electrons. The van der Waals surface area contributed by atoms with E-state index in [9.17, 15) is 23.1 Å². The average Bonchev–Trinajstić information content (AvgIpc) is 2.54. The number of rotatable bonds is 4. The number of hydrogen-bond donors (Lipinski definition) is 2. The lowest BCUT2D eigenvalue weighted by Crippen LogP contribution is -2.49. The van der Waals surface area contributed by atoms with E-state index in [-0.39, 0.29) is 16.5 Å². The third-order valence-electron chi connectivity index (χ3n) is 4.09. The van der Waals surface area contributed by atoms with Crippen molar-refractivity contribution in [1.29, 1.82) is 0 Å². The Morgan fingerprint density at radius 1 is 1.39 bits per heavy atom. The van der Waals surface area contributed by atoms with Crippen LogP contribution < -0.4 is 4.72 Å². The molecule has 126 valence electrons. The first-order chi connectivity index (χ1) is 10.8. The minimum Gasteiger partial charge on any atom is -0.481 e. The van der Waals surface area contributed by atoms with Crippen molar-refractivity contribution in [3.63, 3.8) is 0 Å². The molecule has 0 unspecified atom stereocenters. The van der Waals surface area contributed by atoms with Crippen molar-refractivity contribution in [3.05, 3.63) is 23.9 Å². The smallest absolute Gasteiger partial charge is 0.308 e. The number of aliphatic carboxylic acids is 1. The molecular weight excluding hydrogens is 322 g/mol. The van der Waals surface area contributed by atoms with Crippen molar-refractivity contribution in [3.8, 4) is 0 Å². The topological polar surface area (TPSA) is 117 Å². The molecule has 9 heteroatoms. The van der Waals surface area contributed by atoms with Crippen LogP contribution in [0.3, 0.4) is 0 Å². The van der Waals surface area contributed by atoms with Crippen LogP contribution in [0.4, 0.5) is 0 Å². The number of carboxylic acids is 1. The van der Waals surface area contributed by atoms with Crippen LogP contribution in [0.25, 0.3) is 0 Å². The van der Waals surface area contributed by atoms with E-state index in [1.165, 1.54) is 30.3 Å². The number of hydrogen-bond acceptors (Lipinski definition) is 5. The van der Waals surface area contributed by atoms with E-state index in [4.69, 9.17) is 0 Å². The van der Waals surface area contributed by atoms with Crippen LogP contribution in [0.1, 0.15) is 30.1 Å². The molecule has 8 nitrogen and oxygen atoms in total. The first kappa shape index (κ1) is 17.4. The van der Waals surface area contributed by atoms with Gasteiger partial charge in [-0.1, -0.05) is 0 Å². The third kappa shape index (κ3) is 3.50. The van der Waals surface area contributed by atoms with E-state index in [0.29, 0.717) is 19.4 Å². The van der Waals surface area contributed by atoms with Gasteiger partial charge in [0.05, 0.1) is 11.5 Å². The fourth-order valence-electron chi connectivity index (χ4n) is 2.70. The molecule has 2 rings (SSSR count). The highest BCUT2D eigenvalue weighted by Crippen LogP contribution is 2.25. The second-order valence-electron chi connectivity index (χ2n) is 5.42. The van der Waals surface area contributed by atoms with Crippen LogP contribution >= 0.6 is 0 Å². The Morgan fingerprint density at radius 2 is 2.09 bits per heavy atom. The molecule has 0 spiro atoms. The number of piperidine rings is 1. The van der Waals surface area contributed by atoms with Gasteiger partial charge in [-0.25, -0.2) is 18.1 Å². The minimum absolute atomic E-state index is 0.174. The summed E-state index contributed by atoms with van der Waals surface area (Å²) < 4.78 is 25.4. The molecule has 0 aromatic carbocycles. The van der Waals surface area contributed by atoms with E-state index < -0.39 is 28.0 Å². The number of amides is 1. The van der Waals surface area contributed by atoms with Crippen LogP contribution in [0, 0.1) is 5.92 Å². The number of nitrogens with one attached hydrogen (secondary N) is 1. The summed E-state index contributed by atoms with van der Waals surface area (Å²) in [5.74, 6) is -1.85. The lowest BCUT2D eigenvalue weighted by molar-refractivity contribution is -0.144. The zero-order valence-corrected chi connectivity index (χ0v) is 13.7. The second-order valence-corrected chi connectivity index (χ2v) is 7.25. The van der Waals surface area contributed by atoms with E-state index in [1.807, 2.05) is 0 Å². The quantitative estimate of drug-likeness (QED) is 0.814. The first-order valence-corrected chi connectivity index (χ1v) is 8.69. The molecule has 23 heavy (non-hydrogen) atoms. The van der Waals surface area contributed by atoms with E-state index >= 15 is 0 Å². The number of carbonyl (C=O) groups excluding carboxylic acids is 1. The van der Waals surface area contributed by atoms with Crippen molar-refractivity contribution in [2.45, 2.75) is 30.8 Å². The van der Waals surface area contributed by atoms with Crippen LogP contribution in [0.5, 0.6) is 0 Å². The normalized spacial score (nSPS) is 21.9. The molecule has 0 saturated carbocycles. The Labute approximate surface area is 134 Å². The van der Waals surface area contributed by atoms with Gasteiger partial charge in [0.15, 0.2) is 5.03 Å². The van der Waals surface area contributed by atoms with Crippen molar-refractivity contribution in [2.75, 3.05) is 13.6 Å².